The third-order valence-electron chi connectivity index (χ3n) is 5.43. The lowest BCUT2D eigenvalue weighted by molar-refractivity contribution is 0.0937. The number of benzene rings is 3. The highest BCUT2D eigenvalue weighted by atomic mass is 32.2. The Morgan fingerprint density at radius 2 is 1.77 bits per heavy atom. The predicted molar refractivity (Wildman–Crippen MR) is 138 cm³/mol. The van der Waals surface area contributed by atoms with Gasteiger partial charge in [0.05, 0.1) is 13.7 Å². The number of carbonyl (C=O) groups is 1. The predicted octanol–water partition coefficient (Wildman–Crippen LogP) is 4.92. The van der Waals surface area contributed by atoms with Crippen molar-refractivity contribution in [2.24, 2.45) is 0 Å². The second-order valence-electron chi connectivity index (χ2n) is 7.94. The maximum Gasteiger partial charge on any atom is 0.251 e. The van der Waals surface area contributed by atoms with Crippen LogP contribution in [-0.2, 0) is 10.5 Å². The molecule has 0 spiro atoms. The highest BCUT2D eigenvalue weighted by Gasteiger charge is 2.17. The summed E-state index contributed by atoms with van der Waals surface area (Å²) in [7, 11) is 3.26. The van der Waals surface area contributed by atoms with Gasteiger partial charge in [-0.05, 0) is 48.9 Å². The van der Waals surface area contributed by atoms with Gasteiger partial charge in [-0.3, -0.25) is 9.36 Å². The summed E-state index contributed by atoms with van der Waals surface area (Å²) < 4.78 is 12.4. The van der Waals surface area contributed by atoms with E-state index in [1.54, 1.807) is 26.0 Å². The Balaban J connectivity index is 1.56. The molecule has 180 valence electrons. The van der Waals surface area contributed by atoms with Crippen LogP contribution in [0.5, 0.6) is 5.75 Å². The van der Waals surface area contributed by atoms with Gasteiger partial charge in [0.25, 0.3) is 5.91 Å². The number of aromatic nitrogens is 3. The van der Waals surface area contributed by atoms with Crippen LogP contribution in [0, 0.1) is 6.92 Å². The van der Waals surface area contributed by atoms with Gasteiger partial charge >= 0.3 is 0 Å². The van der Waals surface area contributed by atoms with Gasteiger partial charge in [-0.2, -0.15) is 0 Å². The van der Waals surface area contributed by atoms with E-state index in [1.165, 1.54) is 5.56 Å². The van der Waals surface area contributed by atoms with Gasteiger partial charge in [0, 0.05) is 36.2 Å². The second-order valence-corrected chi connectivity index (χ2v) is 8.89. The maximum atomic E-state index is 12.2. The normalized spacial score (nSPS) is 10.8. The molecule has 0 saturated heterocycles. The first-order chi connectivity index (χ1) is 17.1. The molecule has 0 radical (unpaired) electrons. The lowest BCUT2D eigenvalue weighted by Crippen LogP contribution is -2.26. The number of amides is 1. The van der Waals surface area contributed by atoms with Crippen molar-refractivity contribution in [3.8, 4) is 22.8 Å². The average Bonchev–Trinajstić information content (AvgIpc) is 3.32. The van der Waals surface area contributed by atoms with E-state index in [0.29, 0.717) is 24.5 Å². The lowest BCUT2D eigenvalue weighted by Gasteiger charge is -2.11. The lowest BCUT2D eigenvalue weighted by atomic mass is 10.1. The molecule has 0 unspecified atom stereocenters. The van der Waals surface area contributed by atoms with Crippen LogP contribution in [0.3, 0.4) is 0 Å². The fraction of sp³-hybridized carbons (Fsp3) is 0.222. The highest BCUT2D eigenvalue weighted by molar-refractivity contribution is 7.98. The Bertz CT molecular complexity index is 1270. The van der Waals surface area contributed by atoms with E-state index in [4.69, 9.17) is 9.47 Å². The molecular formula is C27H28N4O3S. The molecule has 0 aliphatic heterocycles. The largest absolute Gasteiger partial charge is 0.497 e. The van der Waals surface area contributed by atoms with E-state index in [2.05, 4.69) is 51.3 Å². The summed E-state index contributed by atoms with van der Waals surface area (Å²) in [6.07, 6.45) is 0. The maximum absolute atomic E-state index is 12.2. The van der Waals surface area contributed by atoms with Gasteiger partial charge in [0.2, 0.25) is 0 Å². The summed E-state index contributed by atoms with van der Waals surface area (Å²) in [6.45, 7) is 3.03. The fourth-order valence-corrected chi connectivity index (χ4v) is 4.42. The van der Waals surface area contributed by atoms with Gasteiger partial charge in [0.1, 0.15) is 5.75 Å². The van der Waals surface area contributed by atoms with E-state index >= 15 is 0 Å². The first kappa shape index (κ1) is 24.5. The van der Waals surface area contributed by atoms with Crippen LogP contribution in [0.25, 0.3) is 17.1 Å². The smallest absolute Gasteiger partial charge is 0.251 e. The second kappa shape index (κ2) is 11.7. The van der Waals surface area contributed by atoms with Crippen LogP contribution in [0.4, 0.5) is 0 Å². The minimum atomic E-state index is -0.108. The number of hydrogen-bond acceptors (Lipinski definition) is 6. The molecule has 3 aromatic carbocycles. The molecule has 0 saturated carbocycles. The number of thioether (sulfide) groups is 1. The molecule has 1 N–H and O–H groups in total. The van der Waals surface area contributed by atoms with E-state index in [0.717, 1.165) is 33.5 Å². The molecule has 35 heavy (non-hydrogen) atoms. The molecule has 7 nitrogen and oxygen atoms in total. The Morgan fingerprint density at radius 3 is 2.49 bits per heavy atom. The van der Waals surface area contributed by atoms with Crippen LogP contribution in [0.1, 0.15) is 21.5 Å². The van der Waals surface area contributed by atoms with Gasteiger partial charge in [-0.15, -0.1) is 10.2 Å². The monoisotopic (exact) mass is 488 g/mol. The molecule has 0 bridgehead atoms. The Morgan fingerprint density at radius 1 is 1.00 bits per heavy atom. The van der Waals surface area contributed by atoms with Gasteiger partial charge < -0.3 is 14.8 Å². The Labute approximate surface area is 209 Å². The van der Waals surface area contributed by atoms with Crippen molar-refractivity contribution in [1.29, 1.82) is 0 Å². The molecule has 0 aliphatic rings. The van der Waals surface area contributed by atoms with Crippen LogP contribution in [0.15, 0.2) is 78.0 Å². The zero-order valence-corrected chi connectivity index (χ0v) is 20.8. The number of ether oxygens (including phenoxy) is 2. The van der Waals surface area contributed by atoms with Gasteiger partial charge in [0.15, 0.2) is 11.0 Å². The van der Waals surface area contributed by atoms with E-state index in [9.17, 15) is 4.79 Å². The van der Waals surface area contributed by atoms with Crippen LogP contribution >= 0.6 is 11.8 Å². The minimum Gasteiger partial charge on any atom is -0.497 e. The van der Waals surface area contributed by atoms with Crippen LogP contribution < -0.4 is 10.1 Å². The van der Waals surface area contributed by atoms with Crippen molar-refractivity contribution in [2.75, 3.05) is 27.4 Å². The SMILES string of the molecule is COCCNC(=O)c1ccc(CSc2nnc(-c3cccc(OC)c3)n2-c2ccc(C)cc2)cc1. The van der Waals surface area contributed by atoms with Crippen molar-refractivity contribution in [2.45, 2.75) is 17.8 Å². The summed E-state index contributed by atoms with van der Waals surface area (Å²) in [6, 6.07) is 23.7. The van der Waals surface area contributed by atoms with Crippen molar-refractivity contribution < 1.29 is 14.3 Å². The molecule has 4 rings (SSSR count). The Kier molecular flexibility index (Phi) is 8.18. The molecule has 1 aromatic heterocycles. The van der Waals surface area contributed by atoms with Gasteiger partial charge in [-0.25, -0.2) is 0 Å². The first-order valence-electron chi connectivity index (χ1n) is 11.2. The zero-order valence-electron chi connectivity index (χ0n) is 20.0. The minimum absolute atomic E-state index is 0.108. The summed E-state index contributed by atoms with van der Waals surface area (Å²) in [5.74, 6) is 2.09. The summed E-state index contributed by atoms with van der Waals surface area (Å²) in [4.78, 5) is 12.2. The number of rotatable bonds is 10. The van der Waals surface area contributed by atoms with Gasteiger partial charge in [-0.1, -0.05) is 53.7 Å². The van der Waals surface area contributed by atoms with E-state index < -0.39 is 0 Å². The number of aryl methyl sites for hydroxylation is 1. The molecule has 0 aliphatic carbocycles. The number of carbonyl (C=O) groups excluding carboxylic acids is 1. The van der Waals surface area contributed by atoms with Crippen molar-refractivity contribution in [1.82, 2.24) is 20.1 Å². The molecule has 0 atom stereocenters. The molecule has 1 amide bonds. The number of methoxy groups -OCH3 is 2. The third kappa shape index (κ3) is 6.09. The number of nitrogens with one attached hydrogen (secondary N) is 1. The Hall–Kier alpha value is -3.62. The summed E-state index contributed by atoms with van der Waals surface area (Å²) in [5, 5.41) is 12.6. The number of nitrogens with zero attached hydrogens (tertiary/aromatic N) is 3. The molecular weight excluding hydrogens is 460 g/mol. The average molecular weight is 489 g/mol. The quantitative estimate of drug-likeness (QED) is 0.252. The standard InChI is InChI=1S/C27H28N4O3S/c1-19-7-13-23(14-8-19)31-25(22-5-4-6-24(17-22)34-3)29-30-27(31)35-18-20-9-11-21(12-10-20)26(32)28-15-16-33-2/h4-14,17H,15-16,18H2,1-3H3,(H,28,32). The molecule has 1 heterocycles. The first-order valence-corrected chi connectivity index (χ1v) is 12.2. The van der Waals surface area contributed by atoms with E-state index in [1.807, 2.05) is 48.5 Å². The van der Waals surface area contributed by atoms with Crippen molar-refractivity contribution in [3.63, 3.8) is 0 Å². The topological polar surface area (TPSA) is 78.3 Å². The molecule has 0 fully saturated rings. The van der Waals surface area contributed by atoms with Crippen LogP contribution in [-0.4, -0.2) is 48.0 Å². The van der Waals surface area contributed by atoms with Crippen molar-refractivity contribution in [3.05, 3.63) is 89.5 Å². The van der Waals surface area contributed by atoms with Crippen molar-refractivity contribution >= 4 is 17.7 Å². The fourth-order valence-electron chi connectivity index (χ4n) is 3.51. The summed E-state index contributed by atoms with van der Waals surface area (Å²) >= 11 is 1.60. The molecule has 4 aromatic rings. The highest BCUT2D eigenvalue weighted by Crippen LogP contribution is 2.31. The molecule has 8 heteroatoms. The van der Waals surface area contributed by atoms with E-state index in [-0.39, 0.29) is 5.91 Å². The zero-order chi connectivity index (χ0) is 24.6. The summed E-state index contributed by atoms with van der Waals surface area (Å²) in [5.41, 5.74) is 4.81. The third-order valence-corrected chi connectivity index (χ3v) is 6.43. The van der Waals surface area contributed by atoms with Crippen LogP contribution in [0.2, 0.25) is 0 Å². The number of hydrogen-bond donors (Lipinski definition) is 1.